The molecule has 3 saturated carbocycles. The van der Waals surface area contributed by atoms with Gasteiger partial charge in [0, 0.05) is 0 Å². The van der Waals surface area contributed by atoms with E-state index in [0.29, 0.717) is 0 Å². The first kappa shape index (κ1) is 19.3. The zero-order chi connectivity index (χ0) is 16.5. The number of rotatable bonds is 3. The van der Waals surface area contributed by atoms with Gasteiger partial charge in [-0.1, -0.05) is 0 Å². The van der Waals surface area contributed by atoms with E-state index < -0.39 is 24.8 Å². The summed E-state index contributed by atoms with van der Waals surface area (Å²) < 4.78 is 3.96. The maximum atomic E-state index is 8.25. The van der Waals surface area contributed by atoms with Crippen LogP contribution in [0, 0.1) is 15.3 Å². The zero-order valence-electron chi connectivity index (χ0n) is 14.5. The Bertz CT molecular complexity index is 288. The molecule has 0 aromatic heterocycles. The van der Waals surface area contributed by atoms with Crippen LogP contribution in [0.3, 0.4) is 0 Å². The topological polar surface area (TPSA) is 66.2 Å². The second kappa shape index (κ2) is 10.8. The molecule has 0 spiro atoms. The van der Waals surface area contributed by atoms with Gasteiger partial charge in [0.15, 0.2) is 0 Å². The van der Waals surface area contributed by atoms with E-state index in [9.17, 15) is 0 Å². The molecule has 0 aromatic rings. The molecule has 0 heterocycles. The Labute approximate surface area is 148 Å². The summed E-state index contributed by atoms with van der Waals surface area (Å²) in [5, 5.41) is 14.8. The van der Waals surface area contributed by atoms with Crippen LogP contribution in [-0.2, 0) is 0 Å². The standard InChI is InChI=1S/3C6H11.NO3.Sn/c3*1-2-4-6-5-3-1;2-1(3)4;/h3*1H,2-6H2;;/q;;;-1;+1. The van der Waals surface area contributed by atoms with Crippen molar-refractivity contribution in [2.75, 3.05) is 0 Å². The summed E-state index contributed by atoms with van der Waals surface area (Å²) in [6, 6.07) is 0. The van der Waals surface area contributed by atoms with E-state index in [1.54, 1.807) is 96.3 Å². The van der Waals surface area contributed by atoms with E-state index >= 15 is 0 Å². The monoisotopic (exact) mass is 431 g/mol. The van der Waals surface area contributed by atoms with Crippen molar-refractivity contribution in [1.82, 2.24) is 0 Å². The fraction of sp³-hybridized carbons (Fsp3) is 1.00. The fourth-order valence-corrected chi connectivity index (χ4v) is 20.2. The van der Waals surface area contributed by atoms with Gasteiger partial charge < -0.3 is 15.3 Å². The van der Waals surface area contributed by atoms with Crippen LogP contribution in [0.15, 0.2) is 0 Å². The molecule has 23 heavy (non-hydrogen) atoms. The van der Waals surface area contributed by atoms with E-state index in [1.807, 2.05) is 0 Å². The van der Waals surface area contributed by atoms with Crippen LogP contribution in [0.4, 0.5) is 0 Å². The van der Waals surface area contributed by atoms with Gasteiger partial charge in [-0.05, 0) is 0 Å². The summed E-state index contributed by atoms with van der Waals surface area (Å²) in [6.45, 7) is 0. The largest absolute Gasteiger partial charge is 0.356 e. The zero-order valence-corrected chi connectivity index (χ0v) is 17.4. The van der Waals surface area contributed by atoms with Gasteiger partial charge in [0.1, 0.15) is 0 Å². The summed E-state index contributed by atoms with van der Waals surface area (Å²) >= 11 is -1.15. The molecule has 0 aromatic carbocycles. The summed E-state index contributed by atoms with van der Waals surface area (Å²) in [5.74, 6) is 0. The molecule has 4 nitrogen and oxygen atoms in total. The van der Waals surface area contributed by atoms with Crippen molar-refractivity contribution in [3.8, 4) is 0 Å². The van der Waals surface area contributed by atoms with Crippen molar-refractivity contribution in [3.63, 3.8) is 0 Å². The third-order valence-electron chi connectivity index (χ3n) is 6.23. The Hall–Kier alpha value is -0.00130. The Kier molecular flexibility index (Phi) is 9.06. The van der Waals surface area contributed by atoms with Gasteiger partial charge >= 0.3 is 128 Å². The van der Waals surface area contributed by atoms with Crippen LogP contribution in [-0.4, -0.2) is 24.8 Å². The summed E-state index contributed by atoms with van der Waals surface area (Å²) in [7, 11) is 0. The Balaban J connectivity index is 0.000000433. The molecule has 5 heteroatoms. The molecule has 0 amide bonds. The molecule has 132 valence electrons. The average Bonchev–Trinajstić information content (AvgIpc) is 2.58. The third-order valence-corrected chi connectivity index (χ3v) is 19.2. The second-order valence-corrected chi connectivity index (χ2v) is 17.6. The molecule has 0 unspecified atom stereocenters. The van der Waals surface area contributed by atoms with Crippen LogP contribution in [0.25, 0.3) is 0 Å². The minimum Gasteiger partial charge on any atom is -0.356 e. The predicted molar refractivity (Wildman–Crippen MR) is 96.6 cm³/mol. The van der Waals surface area contributed by atoms with Gasteiger partial charge in [-0.3, -0.25) is 0 Å². The first-order valence-corrected chi connectivity index (χ1v) is 14.8. The maximum absolute atomic E-state index is 8.25. The summed E-state index contributed by atoms with van der Waals surface area (Å²) in [4.78, 5) is 8.25. The maximum Gasteiger partial charge on any atom is 0.0689 e. The van der Waals surface area contributed by atoms with Crippen molar-refractivity contribution in [1.29, 1.82) is 0 Å². The van der Waals surface area contributed by atoms with Gasteiger partial charge in [-0.25, -0.2) is 0 Å². The minimum atomic E-state index is -1.75. The molecule has 0 bridgehead atoms. The van der Waals surface area contributed by atoms with E-state index in [0.717, 1.165) is 0 Å². The van der Waals surface area contributed by atoms with Crippen LogP contribution >= 0.6 is 0 Å². The molecular formula is C18H33NO3Sn. The molecule has 0 N–H and O–H groups in total. The molecule has 0 saturated heterocycles. The van der Waals surface area contributed by atoms with Crippen molar-refractivity contribution in [2.24, 2.45) is 0 Å². The molecule has 0 radical (unpaired) electrons. The summed E-state index contributed by atoms with van der Waals surface area (Å²) in [5.41, 5.74) is 0. The van der Waals surface area contributed by atoms with E-state index in [2.05, 4.69) is 0 Å². The van der Waals surface area contributed by atoms with Gasteiger partial charge in [-0.15, -0.1) is 0 Å². The fourth-order valence-electron chi connectivity index (χ4n) is 5.31. The van der Waals surface area contributed by atoms with Crippen LogP contribution in [0.5, 0.6) is 0 Å². The van der Waals surface area contributed by atoms with Crippen molar-refractivity contribution >= 4 is 19.8 Å². The van der Waals surface area contributed by atoms with Gasteiger partial charge in [-0.2, -0.15) is 0 Å². The third kappa shape index (κ3) is 6.79. The smallest absolute Gasteiger partial charge is 0.0689 e. The van der Waals surface area contributed by atoms with Crippen molar-refractivity contribution < 1.29 is 5.09 Å². The van der Waals surface area contributed by atoms with Gasteiger partial charge in [0.2, 0.25) is 0 Å². The van der Waals surface area contributed by atoms with Gasteiger partial charge in [0.25, 0.3) is 0 Å². The van der Waals surface area contributed by atoms with E-state index in [1.165, 1.54) is 11.8 Å². The minimum absolute atomic E-state index is 1.15. The van der Waals surface area contributed by atoms with Crippen LogP contribution in [0.1, 0.15) is 96.3 Å². The number of hydrogen-bond donors (Lipinski definition) is 0. The van der Waals surface area contributed by atoms with Gasteiger partial charge in [0.05, 0.1) is 5.09 Å². The van der Waals surface area contributed by atoms with Crippen LogP contribution < -0.4 is 0 Å². The first-order chi connectivity index (χ1) is 11.2. The van der Waals surface area contributed by atoms with E-state index in [4.69, 9.17) is 15.3 Å². The van der Waals surface area contributed by atoms with Crippen molar-refractivity contribution in [3.05, 3.63) is 15.3 Å². The Morgan fingerprint density at radius 3 is 1.00 bits per heavy atom. The average molecular weight is 430 g/mol. The van der Waals surface area contributed by atoms with Crippen molar-refractivity contribution in [2.45, 2.75) is 108 Å². The summed E-state index contributed by atoms with van der Waals surface area (Å²) in [6.07, 6.45) is 24.2. The number of hydrogen-bond acceptors (Lipinski definition) is 3. The van der Waals surface area contributed by atoms with Crippen LogP contribution in [0.2, 0.25) is 11.8 Å². The predicted octanol–water partition coefficient (Wildman–Crippen LogP) is 6.25. The molecule has 3 rings (SSSR count). The SMILES string of the molecule is C1CC[CH]([Sn+]([CH]2CCCCC2)[CH]2CCCCC2)CC1.O=[N+]([O-])[O-]. The molecular weight excluding hydrogens is 397 g/mol. The normalized spacial score (nSPS) is 24.5. The van der Waals surface area contributed by atoms with E-state index in [-0.39, 0.29) is 0 Å². The molecule has 3 fully saturated rings. The quantitative estimate of drug-likeness (QED) is 0.302. The molecule has 3 aliphatic rings. The Morgan fingerprint density at radius 2 is 0.783 bits per heavy atom. The Morgan fingerprint density at radius 1 is 0.565 bits per heavy atom. The second-order valence-electron chi connectivity index (χ2n) is 7.73. The molecule has 0 aliphatic heterocycles. The first-order valence-electron chi connectivity index (χ1n) is 9.86. The number of nitrogens with zero attached hydrogens (tertiary/aromatic N) is 1. The molecule has 3 aliphatic carbocycles. The molecule has 0 atom stereocenters.